The largest absolute Gasteiger partial charge is 0.369 e. The third-order valence-corrected chi connectivity index (χ3v) is 4.81. The molecule has 5 nitrogen and oxygen atoms in total. The number of hydrogen-bond acceptors (Lipinski definition) is 8. The second-order valence-corrected chi connectivity index (χ2v) is 6.49. The molecular weight excluding hydrogens is 286 g/mol. The van der Waals surface area contributed by atoms with Crippen LogP contribution in [0.5, 0.6) is 0 Å². The summed E-state index contributed by atoms with van der Waals surface area (Å²) in [5.41, 5.74) is 0. The molecule has 0 aliphatic heterocycles. The van der Waals surface area contributed by atoms with E-state index in [0.29, 0.717) is 0 Å². The fourth-order valence-electron chi connectivity index (χ4n) is 1.35. The number of thioether (sulfide) groups is 1. The van der Waals surface area contributed by atoms with E-state index in [4.69, 9.17) is 0 Å². The number of anilines is 2. The van der Waals surface area contributed by atoms with Crippen molar-refractivity contribution in [2.45, 2.75) is 12.7 Å². The molecule has 2 heterocycles. The minimum Gasteiger partial charge on any atom is -0.369 e. The van der Waals surface area contributed by atoms with Crippen LogP contribution in [0.1, 0.15) is 9.88 Å². The van der Waals surface area contributed by atoms with Crippen LogP contribution in [0, 0.1) is 6.92 Å². The monoisotopic (exact) mass is 301 g/mol. The summed E-state index contributed by atoms with van der Waals surface area (Å²) in [4.78, 5) is 5.58. The Morgan fingerprint density at radius 3 is 2.89 bits per heavy atom. The summed E-state index contributed by atoms with van der Waals surface area (Å²) in [6, 6.07) is 0. The van der Waals surface area contributed by atoms with Gasteiger partial charge in [-0.1, -0.05) is 0 Å². The molecule has 2 aromatic rings. The van der Waals surface area contributed by atoms with Crippen LogP contribution in [-0.4, -0.2) is 33.1 Å². The second-order valence-electron chi connectivity index (χ2n) is 3.54. The fourth-order valence-corrected chi connectivity index (χ4v) is 3.63. The van der Waals surface area contributed by atoms with E-state index in [9.17, 15) is 0 Å². The molecule has 0 saturated carbocycles. The zero-order valence-corrected chi connectivity index (χ0v) is 12.7. The van der Waals surface area contributed by atoms with Gasteiger partial charge in [0, 0.05) is 36.2 Å². The Morgan fingerprint density at radius 1 is 1.33 bits per heavy atom. The summed E-state index contributed by atoms with van der Waals surface area (Å²) in [5.74, 6) is 3.73. The number of thiazole rings is 1. The van der Waals surface area contributed by atoms with Gasteiger partial charge in [-0.2, -0.15) is 20.5 Å². The van der Waals surface area contributed by atoms with Crippen molar-refractivity contribution in [1.29, 1.82) is 0 Å². The topological polar surface area (TPSA) is 62.7 Å². The van der Waals surface area contributed by atoms with Crippen molar-refractivity contribution >= 4 is 46.5 Å². The SMILES string of the molecule is CNc1nsnc1NCCSCc1cnc(C)s1. The first-order valence-corrected chi connectivity index (χ1v) is 8.23. The number of aryl methyl sites for hydroxylation is 1. The molecule has 2 aromatic heterocycles. The lowest BCUT2D eigenvalue weighted by Crippen LogP contribution is -2.06. The van der Waals surface area contributed by atoms with Crippen molar-refractivity contribution in [1.82, 2.24) is 13.7 Å². The van der Waals surface area contributed by atoms with Crippen LogP contribution in [-0.2, 0) is 5.75 Å². The molecule has 0 radical (unpaired) electrons. The average molecular weight is 301 g/mol. The number of hydrogen-bond donors (Lipinski definition) is 2. The van der Waals surface area contributed by atoms with Gasteiger partial charge < -0.3 is 10.6 Å². The molecule has 0 unspecified atom stereocenters. The molecule has 98 valence electrons. The Labute approximate surface area is 119 Å². The van der Waals surface area contributed by atoms with Crippen LogP contribution >= 0.6 is 34.8 Å². The van der Waals surface area contributed by atoms with Crippen LogP contribution < -0.4 is 10.6 Å². The van der Waals surface area contributed by atoms with E-state index < -0.39 is 0 Å². The Kier molecular flexibility index (Phi) is 5.21. The number of rotatable bonds is 7. The third-order valence-electron chi connectivity index (χ3n) is 2.18. The quantitative estimate of drug-likeness (QED) is 0.767. The van der Waals surface area contributed by atoms with Gasteiger partial charge >= 0.3 is 0 Å². The third kappa shape index (κ3) is 3.82. The van der Waals surface area contributed by atoms with Gasteiger partial charge in [-0.25, -0.2) is 4.98 Å². The van der Waals surface area contributed by atoms with Crippen LogP contribution in [0.2, 0.25) is 0 Å². The van der Waals surface area contributed by atoms with Gasteiger partial charge in [0.15, 0.2) is 11.6 Å². The Bertz CT molecular complexity index is 481. The lowest BCUT2D eigenvalue weighted by Gasteiger charge is -2.03. The van der Waals surface area contributed by atoms with Crippen molar-refractivity contribution in [2.75, 3.05) is 30.0 Å². The van der Waals surface area contributed by atoms with E-state index in [0.717, 1.165) is 34.7 Å². The van der Waals surface area contributed by atoms with Crippen LogP contribution in [0.3, 0.4) is 0 Å². The fraction of sp³-hybridized carbons (Fsp3) is 0.500. The van der Waals surface area contributed by atoms with E-state index in [2.05, 4.69) is 24.4 Å². The lowest BCUT2D eigenvalue weighted by atomic mass is 10.6. The van der Waals surface area contributed by atoms with E-state index in [1.165, 1.54) is 16.6 Å². The van der Waals surface area contributed by atoms with Crippen molar-refractivity contribution in [3.05, 3.63) is 16.1 Å². The Hall–Kier alpha value is -0.860. The molecule has 2 N–H and O–H groups in total. The van der Waals surface area contributed by atoms with Gasteiger partial charge in [-0.3, -0.25) is 0 Å². The van der Waals surface area contributed by atoms with Crippen molar-refractivity contribution in [3.63, 3.8) is 0 Å². The first-order valence-electron chi connectivity index (χ1n) is 5.53. The number of aromatic nitrogens is 3. The maximum atomic E-state index is 4.24. The standard InChI is InChI=1S/C10H15N5S3/c1-7-13-5-8(17-7)6-16-4-3-12-10-9(11-2)14-18-15-10/h5H,3-4,6H2,1-2H3,(H,11,14)(H,12,15). The van der Waals surface area contributed by atoms with Crippen LogP contribution in [0.25, 0.3) is 0 Å². The summed E-state index contributed by atoms with van der Waals surface area (Å²) in [6.45, 7) is 2.93. The highest BCUT2D eigenvalue weighted by Crippen LogP contribution is 2.20. The molecule has 0 aliphatic rings. The van der Waals surface area contributed by atoms with E-state index in [1.807, 2.05) is 31.9 Å². The lowest BCUT2D eigenvalue weighted by molar-refractivity contribution is 1.20. The molecule has 2 rings (SSSR count). The summed E-state index contributed by atoms with van der Waals surface area (Å²) >= 11 is 4.88. The van der Waals surface area contributed by atoms with E-state index in [1.54, 1.807) is 11.3 Å². The van der Waals surface area contributed by atoms with E-state index >= 15 is 0 Å². The molecule has 0 amide bonds. The maximum Gasteiger partial charge on any atom is 0.184 e. The predicted octanol–water partition coefficient (Wildman–Crippen LogP) is 2.69. The highest BCUT2D eigenvalue weighted by molar-refractivity contribution is 7.98. The summed E-state index contributed by atoms with van der Waals surface area (Å²) in [5, 5.41) is 7.42. The maximum absolute atomic E-state index is 4.24. The normalized spacial score (nSPS) is 10.6. The average Bonchev–Trinajstić information content (AvgIpc) is 2.97. The highest BCUT2D eigenvalue weighted by atomic mass is 32.2. The van der Waals surface area contributed by atoms with Gasteiger partial charge in [0.1, 0.15) is 0 Å². The Balaban J connectivity index is 1.64. The summed E-state index contributed by atoms with van der Waals surface area (Å²) < 4.78 is 8.31. The minimum absolute atomic E-state index is 0.822. The molecular formula is C10H15N5S3. The van der Waals surface area contributed by atoms with Gasteiger partial charge in [0.2, 0.25) is 0 Å². The molecule has 0 fully saturated rings. The zero-order chi connectivity index (χ0) is 12.8. The minimum atomic E-state index is 0.822. The second kappa shape index (κ2) is 6.91. The van der Waals surface area contributed by atoms with Crippen LogP contribution in [0.15, 0.2) is 6.20 Å². The first-order chi connectivity index (χ1) is 8.79. The molecule has 0 atom stereocenters. The molecule has 0 bridgehead atoms. The Morgan fingerprint density at radius 2 is 2.17 bits per heavy atom. The highest BCUT2D eigenvalue weighted by Gasteiger charge is 2.04. The summed E-state index contributed by atoms with van der Waals surface area (Å²) in [6.07, 6.45) is 1.96. The van der Waals surface area contributed by atoms with E-state index in [-0.39, 0.29) is 0 Å². The summed E-state index contributed by atoms with van der Waals surface area (Å²) in [7, 11) is 1.85. The number of nitrogens with one attached hydrogen (secondary N) is 2. The molecule has 0 aliphatic carbocycles. The van der Waals surface area contributed by atoms with Crippen molar-refractivity contribution in [2.24, 2.45) is 0 Å². The van der Waals surface area contributed by atoms with Gasteiger partial charge in [-0.05, 0) is 6.92 Å². The van der Waals surface area contributed by atoms with Gasteiger partial charge in [0.25, 0.3) is 0 Å². The van der Waals surface area contributed by atoms with Gasteiger partial charge in [-0.15, -0.1) is 11.3 Å². The number of nitrogens with zero attached hydrogens (tertiary/aromatic N) is 3. The predicted molar refractivity (Wildman–Crippen MR) is 81.0 cm³/mol. The molecule has 0 spiro atoms. The van der Waals surface area contributed by atoms with Gasteiger partial charge in [0.05, 0.1) is 16.7 Å². The molecule has 18 heavy (non-hydrogen) atoms. The van der Waals surface area contributed by atoms with Crippen LogP contribution in [0.4, 0.5) is 11.6 Å². The molecule has 8 heteroatoms. The smallest absolute Gasteiger partial charge is 0.184 e. The van der Waals surface area contributed by atoms with Crippen molar-refractivity contribution < 1.29 is 0 Å². The van der Waals surface area contributed by atoms with Crippen molar-refractivity contribution in [3.8, 4) is 0 Å². The molecule has 0 aromatic carbocycles. The molecule has 0 saturated heterocycles. The zero-order valence-electron chi connectivity index (χ0n) is 10.3. The first kappa shape index (κ1) is 13.6.